The van der Waals surface area contributed by atoms with Gasteiger partial charge in [0.05, 0.1) is 6.61 Å². The smallest absolute Gasteiger partial charge is 0.409 e. The number of hydrogen-bond donors (Lipinski definition) is 2. The van der Waals surface area contributed by atoms with Crippen LogP contribution in [0, 0.1) is 5.92 Å². The van der Waals surface area contributed by atoms with Crippen LogP contribution in [-0.4, -0.2) is 42.7 Å². The lowest BCUT2D eigenvalue weighted by Gasteiger charge is -2.27. The van der Waals surface area contributed by atoms with Crippen molar-refractivity contribution in [2.45, 2.75) is 39.7 Å². The summed E-state index contributed by atoms with van der Waals surface area (Å²) >= 11 is 0. The highest BCUT2D eigenvalue weighted by Gasteiger charge is 2.32. The SMILES string of the molecule is CCOC(=O)C(O)C(C)C(NC(=O)OCc1ccccc1)OCC. The maximum absolute atomic E-state index is 11.9. The van der Waals surface area contributed by atoms with Crippen LogP contribution in [0.4, 0.5) is 4.79 Å². The number of amides is 1. The molecule has 7 nitrogen and oxygen atoms in total. The Morgan fingerprint density at radius 2 is 1.79 bits per heavy atom. The molecule has 0 aliphatic carbocycles. The van der Waals surface area contributed by atoms with Crippen LogP contribution >= 0.6 is 0 Å². The molecule has 1 rings (SSSR count). The van der Waals surface area contributed by atoms with Crippen LogP contribution < -0.4 is 5.32 Å². The molecule has 1 aromatic carbocycles. The van der Waals surface area contributed by atoms with Crippen molar-refractivity contribution in [2.75, 3.05) is 13.2 Å². The minimum atomic E-state index is -1.41. The summed E-state index contributed by atoms with van der Waals surface area (Å²) < 4.78 is 15.3. The van der Waals surface area contributed by atoms with E-state index < -0.39 is 30.3 Å². The second-order valence-corrected chi connectivity index (χ2v) is 5.14. The Bertz CT molecular complexity index is 507. The highest BCUT2D eigenvalue weighted by atomic mass is 16.6. The van der Waals surface area contributed by atoms with Crippen LogP contribution in [0.5, 0.6) is 0 Å². The van der Waals surface area contributed by atoms with Crippen molar-refractivity contribution in [3.05, 3.63) is 35.9 Å². The van der Waals surface area contributed by atoms with Gasteiger partial charge in [-0.05, 0) is 19.4 Å². The standard InChI is InChI=1S/C17H25NO6/c1-4-22-15(12(3)14(19)16(20)23-5-2)18-17(21)24-11-13-9-7-6-8-10-13/h6-10,12,14-15,19H,4-5,11H2,1-3H3,(H,18,21). The van der Waals surface area contributed by atoms with E-state index in [9.17, 15) is 14.7 Å². The fourth-order valence-corrected chi connectivity index (χ4v) is 1.99. The molecule has 0 saturated heterocycles. The largest absolute Gasteiger partial charge is 0.464 e. The van der Waals surface area contributed by atoms with E-state index in [1.54, 1.807) is 20.8 Å². The molecule has 0 bridgehead atoms. The topological polar surface area (TPSA) is 94.1 Å². The number of hydrogen-bond acceptors (Lipinski definition) is 6. The van der Waals surface area contributed by atoms with E-state index >= 15 is 0 Å². The maximum atomic E-state index is 11.9. The van der Waals surface area contributed by atoms with E-state index in [1.807, 2.05) is 30.3 Å². The molecule has 0 spiro atoms. The summed E-state index contributed by atoms with van der Waals surface area (Å²) in [6, 6.07) is 9.22. The predicted molar refractivity (Wildman–Crippen MR) is 87.0 cm³/mol. The zero-order chi connectivity index (χ0) is 17.9. The normalized spacial score (nSPS) is 14.3. The van der Waals surface area contributed by atoms with Crippen LogP contribution in [0.25, 0.3) is 0 Å². The lowest BCUT2D eigenvalue weighted by molar-refractivity contribution is -0.160. The minimum absolute atomic E-state index is 0.111. The van der Waals surface area contributed by atoms with Crippen LogP contribution in [0.2, 0.25) is 0 Å². The van der Waals surface area contributed by atoms with Gasteiger partial charge in [0, 0.05) is 12.5 Å². The summed E-state index contributed by atoms with van der Waals surface area (Å²) in [7, 11) is 0. The second-order valence-electron chi connectivity index (χ2n) is 5.14. The molecule has 0 heterocycles. The van der Waals surface area contributed by atoms with Crippen molar-refractivity contribution in [3.63, 3.8) is 0 Å². The molecule has 0 aliphatic rings. The lowest BCUT2D eigenvalue weighted by atomic mass is 10.0. The molecular weight excluding hydrogens is 314 g/mol. The van der Waals surface area contributed by atoms with E-state index in [0.29, 0.717) is 6.61 Å². The van der Waals surface area contributed by atoms with Crippen molar-refractivity contribution in [3.8, 4) is 0 Å². The molecule has 1 aromatic rings. The first-order valence-electron chi connectivity index (χ1n) is 7.93. The summed E-state index contributed by atoms with van der Waals surface area (Å²) in [6.07, 6.45) is -2.98. The van der Waals surface area contributed by atoms with Crippen molar-refractivity contribution in [2.24, 2.45) is 5.92 Å². The Morgan fingerprint density at radius 3 is 2.38 bits per heavy atom. The van der Waals surface area contributed by atoms with Gasteiger partial charge in [-0.15, -0.1) is 0 Å². The van der Waals surface area contributed by atoms with Crippen LogP contribution in [0.15, 0.2) is 30.3 Å². The third kappa shape index (κ3) is 6.55. The molecule has 3 unspecified atom stereocenters. The number of aliphatic hydroxyl groups is 1. The number of nitrogens with one attached hydrogen (secondary N) is 1. The molecule has 134 valence electrons. The van der Waals surface area contributed by atoms with Crippen molar-refractivity contribution >= 4 is 12.1 Å². The molecule has 0 fully saturated rings. The first-order valence-corrected chi connectivity index (χ1v) is 7.93. The van der Waals surface area contributed by atoms with E-state index in [2.05, 4.69) is 5.32 Å². The second kappa shape index (κ2) is 10.6. The Kier molecular flexibility index (Phi) is 8.81. The summed E-state index contributed by atoms with van der Waals surface area (Å²) in [4.78, 5) is 23.5. The van der Waals surface area contributed by atoms with Crippen LogP contribution in [0.1, 0.15) is 26.3 Å². The van der Waals surface area contributed by atoms with Crippen molar-refractivity contribution in [1.29, 1.82) is 0 Å². The fraction of sp³-hybridized carbons (Fsp3) is 0.529. The zero-order valence-electron chi connectivity index (χ0n) is 14.2. The van der Waals surface area contributed by atoms with E-state index in [1.165, 1.54) is 0 Å². The Balaban J connectivity index is 2.57. The van der Waals surface area contributed by atoms with Gasteiger partial charge in [0.15, 0.2) is 6.10 Å². The van der Waals surface area contributed by atoms with Gasteiger partial charge in [-0.3, -0.25) is 5.32 Å². The molecule has 1 amide bonds. The molecule has 3 atom stereocenters. The third-order valence-corrected chi connectivity index (χ3v) is 3.32. The van der Waals surface area contributed by atoms with E-state index in [4.69, 9.17) is 14.2 Å². The highest BCUT2D eigenvalue weighted by molar-refractivity contribution is 5.75. The predicted octanol–water partition coefficient (Wildman–Crippen LogP) is 1.84. The number of esters is 1. The average molecular weight is 339 g/mol. The van der Waals surface area contributed by atoms with Crippen molar-refractivity contribution in [1.82, 2.24) is 5.32 Å². The van der Waals surface area contributed by atoms with Gasteiger partial charge >= 0.3 is 12.1 Å². The first kappa shape index (κ1) is 19.9. The number of alkyl carbamates (subject to hydrolysis) is 1. The fourth-order valence-electron chi connectivity index (χ4n) is 1.99. The molecular formula is C17H25NO6. The van der Waals surface area contributed by atoms with Gasteiger partial charge in [-0.2, -0.15) is 0 Å². The van der Waals surface area contributed by atoms with E-state index in [0.717, 1.165) is 5.56 Å². The number of aliphatic hydroxyl groups excluding tert-OH is 1. The van der Waals surface area contributed by atoms with Gasteiger partial charge < -0.3 is 19.3 Å². The summed E-state index contributed by atoms with van der Waals surface area (Å²) in [5.41, 5.74) is 0.847. The third-order valence-electron chi connectivity index (χ3n) is 3.32. The zero-order valence-corrected chi connectivity index (χ0v) is 14.2. The molecule has 0 aromatic heterocycles. The Morgan fingerprint density at radius 1 is 1.12 bits per heavy atom. The van der Waals surface area contributed by atoms with Gasteiger partial charge in [-0.1, -0.05) is 37.3 Å². The summed E-state index contributed by atoms with van der Waals surface area (Å²) in [6.45, 7) is 5.54. The number of rotatable bonds is 9. The van der Waals surface area contributed by atoms with Crippen LogP contribution in [-0.2, 0) is 25.6 Å². The molecule has 2 N–H and O–H groups in total. The Hall–Kier alpha value is -2.12. The van der Waals surface area contributed by atoms with Gasteiger partial charge in [0.2, 0.25) is 0 Å². The molecule has 24 heavy (non-hydrogen) atoms. The molecule has 0 aliphatic heterocycles. The van der Waals surface area contributed by atoms with Gasteiger partial charge in [0.1, 0.15) is 12.8 Å². The number of ether oxygens (including phenoxy) is 3. The average Bonchev–Trinajstić information content (AvgIpc) is 2.59. The molecule has 0 radical (unpaired) electrons. The van der Waals surface area contributed by atoms with Gasteiger partial charge in [-0.25, -0.2) is 9.59 Å². The number of benzene rings is 1. The maximum Gasteiger partial charge on any atom is 0.409 e. The minimum Gasteiger partial charge on any atom is -0.464 e. The Labute approximate surface area is 141 Å². The number of carbonyl (C=O) groups excluding carboxylic acids is 2. The van der Waals surface area contributed by atoms with Crippen LogP contribution in [0.3, 0.4) is 0 Å². The first-order chi connectivity index (χ1) is 11.5. The monoisotopic (exact) mass is 339 g/mol. The van der Waals surface area contributed by atoms with E-state index in [-0.39, 0.29) is 13.2 Å². The number of carbonyl (C=O) groups is 2. The quantitative estimate of drug-likeness (QED) is 0.527. The highest BCUT2D eigenvalue weighted by Crippen LogP contribution is 2.13. The summed E-state index contributed by atoms with van der Waals surface area (Å²) in [5.74, 6) is -1.46. The molecule has 7 heteroatoms. The summed E-state index contributed by atoms with van der Waals surface area (Å²) in [5, 5.41) is 12.5. The van der Waals surface area contributed by atoms with Gasteiger partial charge in [0.25, 0.3) is 0 Å². The molecule has 0 saturated carbocycles. The van der Waals surface area contributed by atoms with Crippen molar-refractivity contribution < 1.29 is 28.9 Å². The lowest BCUT2D eigenvalue weighted by Crippen LogP contribution is -2.47.